The number of hydrogen-bond donors (Lipinski definition) is 12. The summed E-state index contributed by atoms with van der Waals surface area (Å²) in [5.74, 6) is -0.298. The molecule has 97 heavy (non-hydrogen) atoms. The second-order valence-corrected chi connectivity index (χ2v) is 26.0. The number of nitrogens with one attached hydrogen (secondary N) is 1. The first-order valence-electron chi connectivity index (χ1n) is 37.3. The van der Waals surface area contributed by atoms with Gasteiger partial charge in [-0.3, -0.25) is 4.79 Å². The van der Waals surface area contributed by atoms with E-state index in [0.717, 1.165) is 103 Å². The lowest BCUT2D eigenvalue weighted by molar-refractivity contribution is -0.379. The highest BCUT2D eigenvalue weighted by atomic mass is 16.8. The fourth-order valence-electron chi connectivity index (χ4n) is 11.7. The molecular weight excluding hydrogens is 1240 g/mol. The van der Waals surface area contributed by atoms with Crippen LogP contribution in [0.1, 0.15) is 232 Å². The van der Waals surface area contributed by atoms with Gasteiger partial charge in [-0.15, -0.1) is 0 Å². The first-order valence-corrected chi connectivity index (χ1v) is 37.3. The third-order valence-electron chi connectivity index (χ3n) is 17.7. The second-order valence-electron chi connectivity index (χ2n) is 26.0. The van der Waals surface area contributed by atoms with Crippen molar-refractivity contribution in [3.63, 3.8) is 0 Å². The SMILES string of the molecule is CC/C=C\C/C=C\C/C=C\C/C=C\C/C=C\C/C=C\C/C=C\CCCCCCCCCCCCCC(=O)NC(COC1OC(CO)C(OC2OC(CO)C(OC3OC(CO)C(O)C(O)C3O)C(O)C2O)C(O)C1O)C(O)/C=C/CC/C=C/CC/C=C/CCCCCCCCCCC. The lowest BCUT2D eigenvalue weighted by Crippen LogP contribution is -2.66. The van der Waals surface area contributed by atoms with Crippen LogP contribution in [0.25, 0.3) is 0 Å². The number of carbonyl (C=O) groups is 1. The van der Waals surface area contributed by atoms with Crippen LogP contribution in [0.5, 0.6) is 0 Å². The lowest BCUT2D eigenvalue weighted by Gasteiger charge is -2.48. The molecule has 17 unspecified atom stereocenters. The highest BCUT2D eigenvalue weighted by Gasteiger charge is 2.53. The van der Waals surface area contributed by atoms with Gasteiger partial charge in [0.15, 0.2) is 18.9 Å². The van der Waals surface area contributed by atoms with E-state index in [1.165, 1.54) is 96.3 Å². The zero-order chi connectivity index (χ0) is 70.4. The van der Waals surface area contributed by atoms with Crippen LogP contribution in [0.15, 0.2) is 122 Å². The van der Waals surface area contributed by atoms with Gasteiger partial charge in [0.25, 0.3) is 0 Å². The van der Waals surface area contributed by atoms with E-state index in [9.17, 15) is 61.0 Å². The van der Waals surface area contributed by atoms with Crippen molar-refractivity contribution >= 4 is 5.91 Å². The minimum atomic E-state index is -1.99. The zero-order valence-corrected chi connectivity index (χ0v) is 59.0. The van der Waals surface area contributed by atoms with Gasteiger partial charge in [-0.2, -0.15) is 0 Å². The molecule has 0 aromatic rings. The van der Waals surface area contributed by atoms with Crippen LogP contribution < -0.4 is 5.32 Å². The molecule has 3 aliphatic heterocycles. The molecule has 0 bridgehead atoms. The van der Waals surface area contributed by atoms with E-state index in [0.29, 0.717) is 12.8 Å². The van der Waals surface area contributed by atoms with Gasteiger partial charge in [0.2, 0.25) is 5.91 Å². The predicted octanol–water partition coefficient (Wildman–Crippen LogP) is 11.2. The number of hydrogen-bond acceptors (Lipinski definition) is 18. The number of aliphatic hydroxyl groups excluding tert-OH is 11. The third kappa shape index (κ3) is 38.7. The number of amides is 1. The van der Waals surface area contributed by atoms with E-state index in [-0.39, 0.29) is 18.9 Å². The molecule has 19 heteroatoms. The Bertz CT molecular complexity index is 2230. The summed E-state index contributed by atoms with van der Waals surface area (Å²) in [6, 6.07) is -1.01. The summed E-state index contributed by atoms with van der Waals surface area (Å²) in [4.78, 5) is 13.4. The number of aliphatic hydroxyl groups is 11. The number of allylic oxidation sites excluding steroid dienone is 19. The van der Waals surface area contributed by atoms with Crippen LogP contribution in [-0.2, 0) is 33.2 Å². The summed E-state index contributed by atoms with van der Waals surface area (Å²) in [5.41, 5.74) is 0. The summed E-state index contributed by atoms with van der Waals surface area (Å²) in [6.45, 7) is 1.58. The fraction of sp³-hybridized carbons (Fsp3) is 0.731. The maximum Gasteiger partial charge on any atom is 0.220 e. The third-order valence-corrected chi connectivity index (χ3v) is 17.7. The molecule has 0 saturated carbocycles. The van der Waals surface area contributed by atoms with Crippen molar-refractivity contribution in [2.75, 3.05) is 26.4 Å². The quantitative estimate of drug-likeness (QED) is 0.0199. The van der Waals surface area contributed by atoms with Gasteiger partial charge in [-0.1, -0.05) is 245 Å². The molecule has 17 atom stereocenters. The Morgan fingerprint density at radius 2 is 0.722 bits per heavy atom. The largest absolute Gasteiger partial charge is 0.394 e. The molecule has 0 spiro atoms. The monoisotopic (exact) mass is 1370 g/mol. The Morgan fingerprint density at radius 1 is 0.381 bits per heavy atom. The van der Waals surface area contributed by atoms with E-state index in [1.54, 1.807) is 6.08 Å². The van der Waals surface area contributed by atoms with Crippen LogP contribution in [-0.4, -0.2) is 193 Å². The van der Waals surface area contributed by atoms with Gasteiger partial charge in [0, 0.05) is 6.42 Å². The van der Waals surface area contributed by atoms with Crippen molar-refractivity contribution in [2.24, 2.45) is 0 Å². The Balaban J connectivity index is 1.40. The molecule has 3 fully saturated rings. The van der Waals surface area contributed by atoms with Crippen molar-refractivity contribution < 1.29 is 89.4 Å². The van der Waals surface area contributed by atoms with Crippen molar-refractivity contribution in [3.05, 3.63) is 122 Å². The molecule has 556 valence electrons. The molecule has 3 aliphatic rings. The highest BCUT2D eigenvalue weighted by molar-refractivity contribution is 5.76. The maximum atomic E-state index is 13.4. The van der Waals surface area contributed by atoms with Crippen LogP contribution >= 0.6 is 0 Å². The topological polar surface area (TPSA) is 307 Å². The summed E-state index contributed by atoms with van der Waals surface area (Å²) in [5, 5.41) is 121. The Kier molecular flexibility index (Phi) is 52.1. The number of unbranched alkanes of at least 4 members (excludes halogenated alkanes) is 22. The summed E-state index contributed by atoms with van der Waals surface area (Å²) < 4.78 is 34.4. The van der Waals surface area contributed by atoms with Crippen LogP contribution in [0.3, 0.4) is 0 Å². The standard InChI is InChI=1S/C78H131NO18/c1-3-5-7-9-11-13-15-17-19-21-23-24-25-26-27-28-29-30-31-32-33-34-35-36-38-40-42-44-46-48-50-52-54-56-66(84)79-61(62(83)55-53-51-49-47-45-43-41-39-37-22-20-18-16-14-12-10-8-6-4-2)60-92-76-72(90)69(87)74(64(58-81)94-76)97-78-73(91)70(88)75(65(59-82)95-78)96-77-71(89)68(86)67(85)63(57-80)93-77/h5,7,11,13,17,19,23-24,26-27,29-30,32-33,37,39,45,47,53,55,61-65,67-78,80-83,85-91H,3-4,6,8-10,12,14-16,18,20-22,25,28,31,34-36,38,40-44,46,48-52,54,56-60H2,1-2H3,(H,79,84)/b7-5-,13-11-,19-17-,24-23-,27-26-,30-29-,33-32-,39-37+,47-45+,55-53+. The van der Waals surface area contributed by atoms with Gasteiger partial charge in [0.1, 0.15) is 73.2 Å². The first kappa shape index (κ1) is 87.4. The lowest BCUT2D eigenvalue weighted by atomic mass is 9.96. The summed E-state index contributed by atoms with van der Waals surface area (Å²) in [6.07, 6.45) is 53.1. The van der Waals surface area contributed by atoms with Crippen molar-refractivity contribution in [3.8, 4) is 0 Å². The van der Waals surface area contributed by atoms with Crippen LogP contribution in [0.4, 0.5) is 0 Å². The highest BCUT2D eigenvalue weighted by Crippen LogP contribution is 2.33. The van der Waals surface area contributed by atoms with Crippen LogP contribution in [0.2, 0.25) is 0 Å². The molecule has 0 radical (unpaired) electrons. The van der Waals surface area contributed by atoms with Crippen LogP contribution in [0, 0.1) is 0 Å². The van der Waals surface area contributed by atoms with E-state index < -0.39 is 124 Å². The molecule has 0 aromatic heterocycles. The van der Waals surface area contributed by atoms with Gasteiger partial charge in [0.05, 0.1) is 38.6 Å². The van der Waals surface area contributed by atoms with E-state index in [1.807, 2.05) is 6.08 Å². The Labute approximate surface area is 582 Å². The molecule has 0 aromatic carbocycles. The smallest absolute Gasteiger partial charge is 0.220 e. The van der Waals surface area contributed by atoms with Gasteiger partial charge >= 0.3 is 0 Å². The van der Waals surface area contributed by atoms with E-state index >= 15 is 0 Å². The minimum absolute atomic E-state index is 0.221. The van der Waals surface area contributed by atoms with Crippen molar-refractivity contribution in [1.82, 2.24) is 5.32 Å². The average Bonchev–Trinajstić information content (AvgIpc) is 0.845. The summed E-state index contributed by atoms with van der Waals surface area (Å²) >= 11 is 0. The van der Waals surface area contributed by atoms with Crippen molar-refractivity contribution in [2.45, 2.75) is 336 Å². The normalized spacial score (nSPS) is 27.6. The molecule has 0 aliphatic carbocycles. The van der Waals surface area contributed by atoms with Gasteiger partial charge < -0.3 is 89.9 Å². The second kappa shape index (κ2) is 57.8. The number of carbonyl (C=O) groups excluding carboxylic acids is 1. The Hall–Kier alpha value is -3.81. The molecule has 1 amide bonds. The minimum Gasteiger partial charge on any atom is -0.394 e. The molecule has 3 saturated heterocycles. The predicted molar refractivity (Wildman–Crippen MR) is 383 cm³/mol. The Morgan fingerprint density at radius 3 is 1.15 bits per heavy atom. The molecular formula is C78H131NO18. The molecule has 3 heterocycles. The molecule has 19 nitrogen and oxygen atoms in total. The van der Waals surface area contributed by atoms with Crippen molar-refractivity contribution in [1.29, 1.82) is 0 Å². The fourth-order valence-corrected chi connectivity index (χ4v) is 11.7. The molecule has 3 rings (SSSR count). The van der Waals surface area contributed by atoms with Gasteiger partial charge in [-0.25, -0.2) is 0 Å². The van der Waals surface area contributed by atoms with Gasteiger partial charge in [-0.05, 0) is 103 Å². The first-order chi connectivity index (χ1) is 47.3. The molecule has 12 N–H and O–H groups in total. The number of rotatable bonds is 56. The van der Waals surface area contributed by atoms with E-state index in [4.69, 9.17) is 28.4 Å². The maximum absolute atomic E-state index is 13.4. The average molecular weight is 1370 g/mol. The summed E-state index contributed by atoms with van der Waals surface area (Å²) in [7, 11) is 0. The number of ether oxygens (including phenoxy) is 6. The zero-order valence-electron chi connectivity index (χ0n) is 59.0. The van der Waals surface area contributed by atoms with E-state index in [2.05, 4.69) is 129 Å².